The van der Waals surface area contributed by atoms with Crippen LogP contribution < -0.4 is 10.1 Å². The maximum absolute atomic E-state index is 12.3. The molecule has 2 N–H and O–H groups in total. The first-order valence-electron chi connectivity index (χ1n) is 5.45. The Labute approximate surface area is 121 Å². The van der Waals surface area contributed by atoms with Gasteiger partial charge in [0, 0.05) is 5.02 Å². The number of aromatic amines is 1. The van der Waals surface area contributed by atoms with Gasteiger partial charge in [0.15, 0.2) is 0 Å². The highest BCUT2D eigenvalue weighted by atomic mass is 35.5. The van der Waals surface area contributed by atoms with E-state index >= 15 is 0 Å². The Bertz CT molecular complexity index is 672. The molecule has 112 valence electrons. The minimum Gasteiger partial charge on any atom is -0.496 e. The maximum Gasteiger partial charge on any atom is 0.451 e. The largest absolute Gasteiger partial charge is 0.496 e. The summed E-state index contributed by atoms with van der Waals surface area (Å²) in [7, 11) is 1.34. The first-order chi connectivity index (χ1) is 9.81. The molecule has 0 fully saturated rings. The molecule has 2 aromatic rings. The van der Waals surface area contributed by atoms with Gasteiger partial charge in [-0.1, -0.05) is 11.6 Å². The monoisotopic (exact) mass is 320 g/mol. The summed E-state index contributed by atoms with van der Waals surface area (Å²) >= 11 is 5.76. The van der Waals surface area contributed by atoms with Crippen LogP contribution in [0.15, 0.2) is 18.2 Å². The fraction of sp³-hybridized carbons (Fsp3) is 0.182. The molecule has 1 aromatic carbocycles. The number of carbonyl (C=O) groups is 1. The highest BCUT2D eigenvalue weighted by Gasteiger charge is 2.35. The molecule has 0 aliphatic rings. The van der Waals surface area contributed by atoms with Crippen LogP contribution in [0.1, 0.15) is 16.2 Å². The van der Waals surface area contributed by atoms with Gasteiger partial charge in [-0.05, 0) is 18.2 Å². The molecule has 0 aliphatic carbocycles. The van der Waals surface area contributed by atoms with Crippen molar-refractivity contribution in [3.8, 4) is 5.75 Å². The summed E-state index contributed by atoms with van der Waals surface area (Å²) in [5, 5.41) is 7.34. The zero-order valence-corrected chi connectivity index (χ0v) is 11.2. The predicted molar refractivity (Wildman–Crippen MR) is 67.3 cm³/mol. The number of hydrogen-bond acceptors (Lipinski definition) is 4. The lowest BCUT2D eigenvalue weighted by Gasteiger charge is -2.07. The van der Waals surface area contributed by atoms with E-state index in [4.69, 9.17) is 16.3 Å². The molecule has 0 atom stereocenters. The highest BCUT2D eigenvalue weighted by molar-refractivity contribution is 6.31. The third-order valence-corrected chi connectivity index (χ3v) is 2.62. The molecule has 0 saturated carbocycles. The van der Waals surface area contributed by atoms with Crippen molar-refractivity contribution in [1.29, 1.82) is 0 Å². The van der Waals surface area contributed by atoms with Crippen molar-refractivity contribution in [3.05, 3.63) is 34.6 Å². The van der Waals surface area contributed by atoms with Crippen LogP contribution in [-0.4, -0.2) is 28.2 Å². The van der Waals surface area contributed by atoms with Gasteiger partial charge in [-0.2, -0.15) is 18.2 Å². The van der Waals surface area contributed by atoms with Gasteiger partial charge in [-0.3, -0.25) is 15.2 Å². The van der Waals surface area contributed by atoms with E-state index in [-0.39, 0.29) is 16.3 Å². The van der Waals surface area contributed by atoms with Crippen molar-refractivity contribution in [2.24, 2.45) is 0 Å². The Balaban J connectivity index is 2.22. The van der Waals surface area contributed by atoms with E-state index < -0.39 is 23.9 Å². The molecule has 0 saturated heterocycles. The van der Waals surface area contributed by atoms with Gasteiger partial charge in [0.2, 0.25) is 11.8 Å². The summed E-state index contributed by atoms with van der Waals surface area (Å²) in [6.45, 7) is 0. The Kier molecular flexibility index (Phi) is 4.03. The number of methoxy groups -OCH3 is 1. The molecule has 0 bridgehead atoms. The van der Waals surface area contributed by atoms with Gasteiger partial charge in [-0.25, -0.2) is 0 Å². The van der Waals surface area contributed by atoms with Crippen LogP contribution in [0.4, 0.5) is 19.1 Å². The van der Waals surface area contributed by atoms with Crippen molar-refractivity contribution < 1.29 is 22.7 Å². The van der Waals surface area contributed by atoms with Gasteiger partial charge in [-0.15, -0.1) is 5.10 Å². The molecule has 1 aromatic heterocycles. The maximum atomic E-state index is 12.3. The molecule has 0 spiro atoms. The molecular weight excluding hydrogens is 313 g/mol. The number of H-pyrrole nitrogens is 1. The molecule has 0 radical (unpaired) electrons. The zero-order valence-electron chi connectivity index (χ0n) is 10.5. The van der Waals surface area contributed by atoms with Crippen LogP contribution in [0.5, 0.6) is 5.75 Å². The SMILES string of the molecule is COc1ccc(Cl)cc1C(=O)Nc1n[nH]c(C(F)(F)F)n1. The second kappa shape index (κ2) is 5.60. The number of anilines is 1. The number of rotatable bonds is 3. The Morgan fingerprint density at radius 2 is 2.14 bits per heavy atom. The summed E-state index contributed by atoms with van der Waals surface area (Å²) in [4.78, 5) is 15.1. The van der Waals surface area contributed by atoms with Crippen LogP contribution in [0.3, 0.4) is 0 Å². The van der Waals surface area contributed by atoms with E-state index in [2.05, 4.69) is 15.4 Å². The number of hydrogen-bond donors (Lipinski definition) is 2. The molecule has 1 amide bonds. The van der Waals surface area contributed by atoms with E-state index in [0.717, 1.165) is 0 Å². The van der Waals surface area contributed by atoms with Crippen molar-refractivity contribution in [1.82, 2.24) is 15.2 Å². The Morgan fingerprint density at radius 1 is 1.43 bits per heavy atom. The van der Waals surface area contributed by atoms with Gasteiger partial charge < -0.3 is 4.74 Å². The Morgan fingerprint density at radius 3 is 2.71 bits per heavy atom. The number of nitrogens with zero attached hydrogens (tertiary/aromatic N) is 2. The van der Waals surface area contributed by atoms with Crippen LogP contribution in [-0.2, 0) is 6.18 Å². The number of ether oxygens (including phenoxy) is 1. The van der Waals surface area contributed by atoms with Crippen LogP contribution >= 0.6 is 11.6 Å². The molecule has 1 heterocycles. The summed E-state index contributed by atoms with van der Waals surface area (Å²) < 4.78 is 42.0. The smallest absolute Gasteiger partial charge is 0.451 e. The van der Waals surface area contributed by atoms with Gasteiger partial charge in [0.05, 0.1) is 12.7 Å². The number of carbonyl (C=O) groups excluding carboxylic acids is 1. The first kappa shape index (κ1) is 15.1. The highest BCUT2D eigenvalue weighted by Crippen LogP contribution is 2.27. The number of alkyl halides is 3. The normalized spacial score (nSPS) is 11.3. The molecule has 6 nitrogen and oxygen atoms in total. The predicted octanol–water partition coefficient (Wildman–Crippen LogP) is 2.74. The van der Waals surface area contributed by atoms with Crippen molar-refractivity contribution >= 4 is 23.5 Å². The summed E-state index contributed by atoms with van der Waals surface area (Å²) in [5.41, 5.74) is 0.0448. The van der Waals surface area contributed by atoms with E-state index in [1.54, 1.807) is 5.10 Å². The van der Waals surface area contributed by atoms with Crippen LogP contribution in [0.25, 0.3) is 0 Å². The van der Waals surface area contributed by atoms with E-state index in [0.29, 0.717) is 0 Å². The molecule has 2 rings (SSSR count). The van der Waals surface area contributed by atoms with E-state index in [1.165, 1.54) is 25.3 Å². The number of halogens is 4. The third kappa shape index (κ3) is 3.43. The Hall–Kier alpha value is -2.29. The zero-order chi connectivity index (χ0) is 15.6. The number of nitrogens with one attached hydrogen (secondary N) is 2. The second-order valence-electron chi connectivity index (χ2n) is 3.80. The van der Waals surface area contributed by atoms with Crippen molar-refractivity contribution in [2.75, 3.05) is 12.4 Å². The lowest BCUT2D eigenvalue weighted by molar-refractivity contribution is -0.144. The van der Waals surface area contributed by atoms with Crippen LogP contribution in [0, 0.1) is 0 Å². The summed E-state index contributed by atoms with van der Waals surface area (Å²) in [5.74, 6) is -2.35. The summed E-state index contributed by atoms with van der Waals surface area (Å²) in [6, 6.07) is 4.27. The van der Waals surface area contributed by atoms with Gasteiger partial charge in [0.1, 0.15) is 5.75 Å². The fourth-order valence-electron chi connectivity index (χ4n) is 1.47. The van der Waals surface area contributed by atoms with E-state index in [1.807, 2.05) is 0 Å². The number of aromatic nitrogens is 3. The van der Waals surface area contributed by atoms with Crippen LogP contribution in [0.2, 0.25) is 5.02 Å². The average molecular weight is 321 g/mol. The molecule has 10 heteroatoms. The molecule has 0 unspecified atom stereocenters. The van der Waals surface area contributed by atoms with Crippen molar-refractivity contribution in [2.45, 2.75) is 6.18 Å². The number of benzene rings is 1. The minimum absolute atomic E-state index is 0.0448. The molecule has 0 aliphatic heterocycles. The quantitative estimate of drug-likeness (QED) is 0.911. The minimum atomic E-state index is -4.68. The number of amides is 1. The third-order valence-electron chi connectivity index (χ3n) is 2.39. The van der Waals surface area contributed by atoms with Crippen molar-refractivity contribution in [3.63, 3.8) is 0 Å². The molecule has 21 heavy (non-hydrogen) atoms. The molecular formula is C11H8ClF3N4O2. The second-order valence-corrected chi connectivity index (χ2v) is 4.24. The lowest BCUT2D eigenvalue weighted by atomic mass is 10.2. The fourth-order valence-corrected chi connectivity index (χ4v) is 1.64. The first-order valence-corrected chi connectivity index (χ1v) is 5.83. The summed E-state index contributed by atoms with van der Waals surface area (Å²) in [6.07, 6.45) is -4.68. The topological polar surface area (TPSA) is 79.9 Å². The lowest BCUT2D eigenvalue weighted by Crippen LogP contribution is -2.14. The standard InChI is InChI=1S/C11H8ClF3N4O2/c1-21-7-3-2-5(12)4-6(7)8(20)16-10-17-9(18-19-10)11(13,14)15/h2-4H,1H3,(H2,16,17,18,19,20). The van der Waals surface area contributed by atoms with E-state index in [9.17, 15) is 18.0 Å². The van der Waals surface area contributed by atoms with Gasteiger partial charge in [0.25, 0.3) is 5.91 Å². The average Bonchev–Trinajstić information content (AvgIpc) is 2.87. The van der Waals surface area contributed by atoms with Gasteiger partial charge >= 0.3 is 6.18 Å².